The van der Waals surface area contributed by atoms with E-state index in [0.29, 0.717) is 23.8 Å². The molecule has 0 aromatic carbocycles. The fourth-order valence-electron chi connectivity index (χ4n) is 3.15. The summed E-state index contributed by atoms with van der Waals surface area (Å²) in [6.07, 6.45) is 7.75. The fraction of sp³-hybridized carbons (Fsp3) is 0.562. The number of carbonyl (C=O) groups excluding carboxylic acids is 1. The molecule has 2 N–H and O–H groups in total. The normalized spacial score (nSPS) is 21.3. The fourth-order valence-corrected chi connectivity index (χ4v) is 3.15. The zero-order chi connectivity index (χ0) is 15.6. The Morgan fingerprint density at radius 3 is 2.96 bits per heavy atom. The van der Waals surface area contributed by atoms with E-state index in [-0.39, 0.29) is 12.1 Å². The van der Waals surface area contributed by atoms with Crippen LogP contribution in [0.1, 0.15) is 43.8 Å². The minimum absolute atomic E-state index is 0.134. The van der Waals surface area contributed by atoms with E-state index in [1.165, 1.54) is 19.3 Å². The van der Waals surface area contributed by atoms with E-state index >= 15 is 0 Å². The van der Waals surface area contributed by atoms with E-state index in [1.54, 1.807) is 0 Å². The van der Waals surface area contributed by atoms with Gasteiger partial charge >= 0.3 is 6.03 Å². The molecule has 2 fully saturated rings. The van der Waals surface area contributed by atoms with Gasteiger partial charge in [0.15, 0.2) is 5.65 Å². The standard InChI is InChI=1S/C16H21N5O2/c22-16(17-10-12-6-3-9-23-12)18-13-7-2-8-21-14(11-4-1-5-11)19-20-15(13)21/h2,7-8,11-12H,1,3-6,9-10H2,(H2,17,18,22). The summed E-state index contributed by atoms with van der Waals surface area (Å²) >= 11 is 0. The van der Waals surface area contributed by atoms with Crippen LogP contribution < -0.4 is 10.6 Å². The van der Waals surface area contributed by atoms with Crippen molar-refractivity contribution in [2.45, 2.75) is 44.1 Å². The number of aromatic nitrogens is 3. The van der Waals surface area contributed by atoms with Gasteiger partial charge in [0.2, 0.25) is 0 Å². The molecule has 1 saturated carbocycles. The van der Waals surface area contributed by atoms with Gasteiger partial charge in [-0.25, -0.2) is 4.79 Å². The SMILES string of the molecule is O=C(NCC1CCCO1)Nc1cccn2c(C3CCC3)nnc12. The lowest BCUT2D eigenvalue weighted by Gasteiger charge is -2.23. The quantitative estimate of drug-likeness (QED) is 0.907. The molecule has 1 atom stereocenters. The van der Waals surface area contributed by atoms with Crippen LogP contribution in [0.3, 0.4) is 0 Å². The van der Waals surface area contributed by atoms with Crippen LogP contribution in [0.5, 0.6) is 0 Å². The Morgan fingerprint density at radius 1 is 1.30 bits per heavy atom. The largest absolute Gasteiger partial charge is 0.376 e. The van der Waals surface area contributed by atoms with E-state index < -0.39 is 0 Å². The zero-order valence-electron chi connectivity index (χ0n) is 13.0. The zero-order valence-corrected chi connectivity index (χ0v) is 13.0. The van der Waals surface area contributed by atoms with Crippen LogP contribution in [0.15, 0.2) is 18.3 Å². The molecule has 0 radical (unpaired) electrons. The van der Waals surface area contributed by atoms with E-state index in [2.05, 4.69) is 20.8 Å². The van der Waals surface area contributed by atoms with Crippen molar-refractivity contribution in [1.29, 1.82) is 0 Å². The van der Waals surface area contributed by atoms with Crippen molar-refractivity contribution in [1.82, 2.24) is 19.9 Å². The average Bonchev–Trinajstić information content (AvgIpc) is 3.14. The van der Waals surface area contributed by atoms with Crippen LogP contribution in [0.25, 0.3) is 5.65 Å². The lowest BCUT2D eigenvalue weighted by Crippen LogP contribution is -2.35. The summed E-state index contributed by atoms with van der Waals surface area (Å²) in [7, 11) is 0. The molecule has 7 heteroatoms. The van der Waals surface area contributed by atoms with E-state index in [1.807, 2.05) is 22.7 Å². The Morgan fingerprint density at radius 2 is 2.22 bits per heavy atom. The van der Waals surface area contributed by atoms with Gasteiger partial charge in [0.25, 0.3) is 0 Å². The monoisotopic (exact) mass is 315 g/mol. The number of rotatable bonds is 4. The molecular formula is C16H21N5O2. The Balaban J connectivity index is 1.45. The molecule has 1 aliphatic carbocycles. The molecule has 0 spiro atoms. The number of urea groups is 1. The Hall–Kier alpha value is -2.15. The maximum Gasteiger partial charge on any atom is 0.319 e. The topological polar surface area (TPSA) is 80.5 Å². The van der Waals surface area contributed by atoms with Gasteiger partial charge in [-0.15, -0.1) is 10.2 Å². The van der Waals surface area contributed by atoms with Crippen LogP contribution in [-0.2, 0) is 4.74 Å². The van der Waals surface area contributed by atoms with Crippen LogP contribution in [-0.4, -0.2) is 39.9 Å². The molecule has 122 valence electrons. The summed E-state index contributed by atoms with van der Waals surface area (Å²) in [5.41, 5.74) is 1.37. The summed E-state index contributed by atoms with van der Waals surface area (Å²) in [5, 5.41) is 14.3. The number of nitrogens with zero attached hydrogens (tertiary/aromatic N) is 3. The molecule has 1 aliphatic heterocycles. The minimum Gasteiger partial charge on any atom is -0.376 e. The van der Waals surface area contributed by atoms with Gasteiger partial charge in [-0.1, -0.05) is 6.42 Å². The summed E-state index contributed by atoms with van der Waals surface area (Å²) in [4.78, 5) is 12.1. The van der Waals surface area contributed by atoms with Crippen molar-refractivity contribution in [2.24, 2.45) is 0 Å². The van der Waals surface area contributed by atoms with E-state index in [9.17, 15) is 4.79 Å². The molecule has 1 unspecified atom stereocenters. The van der Waals surface area contributed by atoms with Crippen molar-refractivity contribution in [3.8, 4) is 0 Å². The van der Waals surface area contributed by atoms with Crippen LogP contribution in [0, 0.1) is 0 Å². The third-order valence-electron chi connectivity index (χ3n) is 4.69. The number of hydrogen-bond acceptors (Lipinski definition) is 4. The molecular weight excluding hydrogens is 294 g/mol. The van der Waals surface area contributed by atoms with Gasteiger partial charge in [0, 0.05) is 25.3 Å². The van der Waals surface area contributed by atoms with Crippen molar-refractivity contribution >= 4 is 17.4 Å². The second-order valence-electron chi connectivity index (χ2n) is 6.27. The number of pyridine rings is 1. The highest BCUT2D eigenvalue weighted by molar-refractivity contribution is 5.93. The third kappa shape index (κ3) is 2.88. The van der Waals surface area contributed by atoms with Gasteiger partial charge in [-0.05, 0) is 37.8 Å². The van der Waals surface area contributed by atoms with E-state index in [0.717, 1.165) is 25.3 Å². The van der Waals surface area contributed by atoms with Gasteiger partial charge in [-0.3, -0.25) is 4.40 Å². The predicted octanol–water partition coefficient (Wildman–Crippen LogP) is 2.30. The minimum atomic E-state index is -0.234. The number of anilines is 1. The first-order valence-corrected chi connectivity index (χ1v) is 8.31. The number of hydrogen-bond donors (Lipinski definition) is 2. The molecule has 7 nitrogen and oxygen atoms in total. The number of carbonyl (C=O) groups is 1. The van der Waals surface area contributed by atoms with Gasteiger partial charge in [0.1, 0.15) is 5.82 Å². The van der Waals surface area contributed by atoms with Crippen molar-refractivity contribution in [2.75, 3.05) is 18.5 Å². The molecule has 2 aromatic rings. The number of fused-ring (bicyclic) bond motifs is 1. The Kier molecular flexibility index (Phi) is 3.87. The first kappa shape index (κ1) is 14.4. The van der Waals surface area contributed by atoms with Gasteiger partial charge < -0.3 is 15.4 Å². The number of nitrogens with one attached hydrogen (secondary N) is 2. The highest BCUT2D eigenvalue weighted by atomic mass is 16.5. The summed E-state index contributed by atoms with van der Waals surface area (Å²) < 4.78 is 7.49. The van der Waals surface area contributed by atoms with Crippen molar-refractivity contribution in [3.63, 3.8) is 0 Å². The van der Waals surface area contributed by atoms with Crippen LogP contribution in [0.4, 0.5) is 10.5 Å². The summed E-state index contributed by atoms with van der Waals surface area (Å²) in [5.74, 6) is 1.49. The smallest absolute Gasteiger partial charge is 0.319 e. The molecule has 2 aromatic heterocycles. The Bertz CT molecular complexity index is 704. The highest BCUT2D eigenvalue weighted by Crippen LogP contribution is 2.35. The molecule has 4 rings (SSSR count). The first-order valence-electron chi connectivity index (χ1n) is 8.31. The molecule has 23 heavy (non-hydrogen) atoms. The van der Waals surface area contributed by atoms with Gasteiger partial charge in [0.05, 0.1) is 11.8 Å². The second-order valence-corrected chi connectivity index (χ2v) is 6.27. The maximum absolute atomic E-state index is 12.1. The van der Waals surface area contributed by atoms with Crippen LogP contribution in [0.2, 0.25) is 0 Å². The first-order chi connectivity index (χ1) is 11.3. The lowest BCUT2D eigenvalue weighted by molar-refractivity contribution is 0.112. The van der Waals surface area contributed by atoms with Gasteiger partial charge in [-0.2, -0.15) is 0 Å². The second kappa shape index (κ2) is 6.16. The number of amides is 2. The van der Waals surface area contributed by atoms with Crippen LogP contribution >= 0.6 is 0 Å². The molecule has 2 aliphatic rings. The average molecular weight is 315 g/mol. The highest BCUT2D eigenvalue weighted by Gasteiger charge is 2.25. The molecule has 2 amide bonds. The van der Waals surface area contributed by atoms with Crippen molar-refractivity contribution in [3.05, 3.63) is 24.2 Å². The third-order valence-corrected chi connectivity index (χ3v) is 4.69. The summed E-state index contributed by atoms with van der Waals surface area (Å²) in [6.45, 7) is 1.33. The predicted molar refractivity (Wildman–Crippen MR) is 85.6 cm³/mol. The molecule has 0 bridgehead atoms. The number of ether oxygens (including phenoxy) is 1. The maximum atomic E-state index is 12.1. The lowest BCUT2D eigenvalue weighted by atomic mass is 9.85. The Labute approximate surface area is 134 Å². The molecule has 1 saturated heterocycles. The summed E-state index contributed by atoms with van der Waals surface area (Å²) in [6, 6.07) is 3.52. The van der Waals surface area contributed by atoms with E-state index in [4.69, 9.17) is 4.74 Å². The molecule has 3 heterocycles. The van der Waals surface area contributed by atoms with Crippen molar-refractivity contribution < 1.29 is 9.53 Å².